The Morgan fingerprint density at radius 1 is 1.20 bits per heavy atom. The van der Waals surface area contributed by atoms with Crippen LogP contribution < -0.4 is 0 Å². The van der Waals surface area contributed by atoms with Gasteiger partial charge in [0.2, 0.25) is 0 Å². The largest absolute Gasteiger partial charge is 0.359 e. The summed E-state index contributed by atoms with van der Waals surface area (Å²) in [6, 6.07) is 6.60. The van der Waals surface area contributed by atoms with Crippen LogP contribution in [0.3, 0.4) is 0 Å². The van der Waals surface area contributed by atoms with Crippen LogP contribution in [0.2, 0.25) is 0 Å². The molecule has 0 aromatic carbocycles. The Labute approximate surface area is 127 Å². The summed E-state index contributed by atoms with van der Waals surface area (Å²) in [5, 5.41) is 6.54. The second-order valence-electron chi connectivity index (χ2n) is 5.27. The van der Waals surface area contributed by atoms with Gasteiger partial charge in [-0.25, -0.2) is 4.99 Å². The number of thiophene rings is 2. The highest BCUT2D eigenvalue weighted by molar-refractivity contribution is 7.10. The highest BCUT2D eigenvalue weighted by Crippen LogP contribution is 2.38. The molecule has 0 amide bonds. The Morgan fingerprint density at radius 2 is 2.15 bits per heavy atom. The first-order chi connectivity index (χ1) is 9.92. The Bertz CT molecular complexity index is 634. The zero-order valence-electron chi connectivity index (χ0n) is 11.2. The average Bonchev–Trinajstić information content (AvgIpc) is 3.11. The van der Waals surface area contributed by atoms with E-state index in [0.717, 1.165) is 6.42 Å². The molecule has 0 radical (unpaired) electrons. The van der Waals surface area contributed by atoms with Crippen LogP contribution >= 0.6 is 22.7 Å². The van der Waals surface area contributed by atoms with Crippen molar-refractivity contribution in [3.8, 4) is 0 Å². The number of allylic oxidation sites excluding steroid dienone is 1. The summed E-state index contributed by atoms with van der Waals surface area (Å²) >= 11 is 3.61. The molecular weight excluding hydrogens is 284 g/mol. The molecule has 2 aliphatic heterocycles. The monoisotopic (exact) mass is 300 g/mol. The van der Waals surface area contributed by atoms with Gasteiger partial charge in [0.1, 0.15) is 5.84 Å². The van der Waals surface area contributed by atoms with E-state index in [1.807, 2.05) is 11.3 Å². The second-order valence-corrected chi connectivity index (χ2v) is 7.03. The molecule has 0 N–H and O–H groups in total. The standard InChI is InChI=1S/C16H16N2S2/c1-3-15(20-7-1)14-9-13(12-4-8-19-11-12)10-17-16(14)18-5-2-6-18/h1,3-4,7-8,10-11,14H,2,5-6,9H2. The fourth-order valence-electron chi connectivity index (χ4n) is 2.80. The third kappa shape index (κ3) is 2.13. The van der Waals surface area contributed by atoms with Gasteiger partial charge < -0.3 is 4.90 Å². The number of likely N-dealkylation sites (tertiary alicyclic amines) is 1. The van der Waals surface area contributed by atoms with Gasteiger partial charge >= 0.3 is 0 Å². The molecular formula is C16H16N2S2. The molecule has 1 saturated heterocycles. The van der Waals surface area contributed by atoms with Gasteiger partial charge in [-0.1, -0.05) is 6.07 Å². The van der Waals surface area contributed by atoms with E-state index in [1.54, 1.807) is 11.3 Å². The molecule has 4 heterocycles. The van der Waals surface area contributed by atoms with Gasteiger partial charge in [-0.15, -0.1) is 11.3 Å². The Kier molecular flexibility index (Phi) is 3.20. The quantitative estimate of drug-likeness (QED) is 0.800. The minimum absolute atomic E-state index is 0.440. The molecule has 4 rings (SSSR count). The van der Waals surface area contributed by atoms with Crippen LogP contribution in [0.4, 0.5) is 0 Å². The molecule has 20 heavy (non-hydrogen) atoms. The number of hydrogen-bond donors (Lipinski definition) is 0. The van der Waals surface area contributed by atoms with E-state index in [0.29, 0.717) is 5.92 Å². The first kappa shape index (κ1) is 12.4. The molecule has 102 valence electrons. The van der Waals surface area contributed by atoms with Crippen molar-refractivity contribution < 1.29 is 0 Å². The first-order valence-electron chi connectivity index (χ1n) is 6.99. The van der Waals surface area contributed by atoms with E-state index in [4.69, 9.17) is 4.99 Å². The maximum absolute atomic E-state index is 4.82. The SMILES string of the molecule is C1=C(c2ccsc2)CC(c2cccs2)C(N2CCC2)=N1. The minimum Gasteiger partial charge on any atom is -0.359 e. The van der Waals surface area contributed by atoms with Crippen LogP contribution in [0.5, 0.6) is 0 Å². The average molecular weight is 300 g/mol. The maximum atomic E-state index is 4.82. The lowest BCUT2D eigenvalue weighted by Gasteiger charge is -2.38. The minimum atomic E-state index is 0.440. The Morgan fingerprint density at radius 3 is 2.80 bits per heavy atom. The molecule has 0 saturated carbocycles. The summed E-state index contributed by atoms with van der Waals surface area (Å²) in [6.07, 6.45) is 4.46. The highest BCUT2D eigenvalue weighted by atomic mass is 32.1. The number of nitrogens with zero attached hydrogens (tertiary/aromatic N) is 2. The number of aliphatic imine (C=N–C) groups is 1. The van der Waals surface area contributed by atoms with E-state index in [2.05, 4.69) is 45.4 Å². The lowest BCUT2D eigenvalue weighted by Crippen LogP contribution is -2.45. The van der Waals surface area contributed by atoms with Crippen LogP contribution in [0.15, 0.2) is 45.5 Å². The van der Waals surface area contributed by atoms with Crippen molar-refractivity contribution in [1.29, 1.82) is 0 Å². The van der Waals surface area contributed by atoms with E-state index in [9.17, 15) is 0 Å². The number of amidine groups is 1. The molecule has 0 aliphatic carbocycles. The van der Waals surface area contributed by atoms with Crippen molar-refractivity contribution >= 4 is 34.1 Å². The molecule has 4 heteroatoms. The van der Waals surface area contributed by atoms with Gasteiger partial charge in [0.25, 0.3) is 0 Å². The summed E-state index contributed by atoms with van der Waals surface area (Å²) in [7, 11) is 0. The topological polar surface area (TPSA) is 15.6 Å². The van der Waals surface area contributed by atoms with Crippen LogP contribution in [-0.2, 0) is 0 Å². The van der Waals surface area contributed by atoms with Gasteiger partial charge in [0.05, 0.1) is 5.92 Å². The zero-order chi connectivity index (χ0) is 13.4. The Hall–Kier alpha value is -1.39. The molecule has 2 aromatic rings. The number of hydrogen-bond acceptors (Lipinski definition) is 4. The van der Waals surface area contributed by atoms with E-state index in [1.165, 1.54) is 41.4 Å². The van der Waals surface area contributed by atoms with E-state index < -0.39 is 0 Å². The third-order valence-corrected chi connectivity index (χ3v) is 5.72. The van der Waals surface area contributed by atoms with E-state index in [-0.39, 0.29) is 0 Å². The summed E-state index contributed by atoms with van der Waals surface area (Å²) in [4.78, 5) is 8.70. The van der Waals surface area contributed by atoms with Crippen LogP contribution in [0.1, 0.15) is 29.2 Å². The fourth-order valence-corrected chi connectivity index (χ4v) is 4.31. The molecule has 2 aromatic heterocycles. The van der Waals surface area contributed by atoms with Crippen LogP contribution in [-0.4, -0.2) is 23.8 Å². The molecule has 1 unspecified atom stereocenters. The lowest BCUT2D eigenvalue weighted by molar-refractivity contribution is 0.290. The molecule has 2 nitrogen and oxygen atoms in total. The number of rotatable bonds is 2. The molecule has 1 atom stereocenters. The van der Waals surface area contributed by atoms with E-state index >= 15 is 0 Å². The normalized spacial score (nSPS) is 22.2. The summed E-state index contributed by atoms with van der Waals surface area (Å²) in [5.74, 6) is 1.72. The van der Waals surface area contributed by atoms with Crippen molar-refractivity contribution in [2.24, 2.45) is 4.99 Å². The third-order valence-electron chi connectivity index (χ3n) is 4.05. The summed E-state index contributed by atoms with van der Waals surface area (Å²) < 4.78 is 0. The predicted octanol–water partition coefficient (Wildman–Crippen LogP) is 4.44. The zero-order valence-corrected chi connectivity index (χ0v) is 12.8. The molecule has 0 bridgehead atoms. The van der Waals surface area contributed by atoms with Crippen molar-refractivity contribution in [2.45, 2.75) is 18.8 Å². The van der Waals surface area contributed by atoms with Crippen molar-refractivity contribution in [1.82, 2.24) is 4.90 Å². The first-order valence-corrected chi connectivity index (χ1v) is 8.82. The van der Waals surface area contributed by atoms with Gasteiger partial charge in [-0.2, -0.15) is 11.3 Å². The molecule has 1 fully saturated rings. The van der Waals surface area contributed by atoms with Gasteiger partial charge in [0, 0.05) is 24.2 Å². The van der Waals surface area contributed by atoms with Crippen LogP contribution in [0.25, 0.3) is 5.57 Å². The molecule has 2 aliphatic rings. The highest BCUT2D eigenvalue weighted by Gasteiger charge is 2.30. The van der Waals surface area contributed by atoms with Crippen molar-refractivity contribution in [3.05, 3.63) is 51.0 Å². The predicted molar refractivity (Wildman–Crippen MR) is 87.6 cm³/mol. The smallest absolute Gasteiger partial charge is 0.113 e. The van der Waals surface area contributed by atoms with Crippen molar-refractivity contribution in [3.63, 3.8) is 0 Å². The summed E-state index contributed by atoms with van der Waals surface area (Å²) in [5.41, 5.74) is 2.71. The Balaban J connectivity index is 1.70. The van der Waals surface area contributed by atoms with Crippen molar-refractivity contribution in [2.75, 3.05) is 13.1 Å². The van der Waals surface area contributed by atoms with Crippen LogP contribution in [0, 0.1) is 0 Å². The fraction of sp³-hybridized carbons (Fsp3) is 0.312. The van der Waals surface area contributed by atoms with Gasteiger partial charge in [0.15, 0.2) is 0 Å². The maximum Gasteiger partial charge on any atom is 0.113 e. The molecule has 0 spiro atoms. The van der Waals surface area contributed by atoms with Gasteiger partial charge in [-0.05, 0) is 52.3 Å². The second kappa shape index (κ2) is 5.19. The lowest BCUT2D eigenvalue weighted by atomic mass is 9.90. The van der Waals surface area contributed by atoms with Gasteiger partial charge in [-0.3, -0.25) is 0 Å². The summed E-state index contributed by atoms with van der Waals surface area (Å²) in [6.45, 7) is 2.34.